The van der Waals surface area contributed by atoms with Gasteiger partial charge in [0.15, 0.2) is 5.75 Å². The van der Waals surface area contributed by atoms with Gasteiger partial charge in [-0.3, -0.25) is 9.69 Å². The van der Waals surface area contributed by atoms with E-state index in [2.05, 4.69) is 14.9 Å². The number of aromatic nitrogens is 2. The molecule has 3 heterocycles. The molecule has 2 aromatic rings. The van der Waals surface area contributed by atoms with Gasteiger partial charge in [0.05, 0.1) is 44.7 Å². The van der Waals surface area contributed by atoms with Crippen molar-refractivity contribution in [2.24, 2.45) is 5.92 Å². The van der Waals surface area contributed by atoms with E-state index in [0.717, 1.165) is 44.7 Å². The number of benzene rings is 1. The highest BCUT2D eigenvalue weighted by molar-refractivity contribution is 5.79. The van der Waals surface area contributed by atoms with Gasteiger partial charge in [-0.2, -0.15) is 0 Å². The molecule has 46 heavy (non-hydrogen) atoms. The van der Waals surface area contributed by atoms with E-state index < -0.39 is 36.8 Å². The lowest BCUT2D eigenvalue weighted by Gasteiger charge is -2.37. The topological polar surface area (TPSA) is 172 Å². The summed E-state index contributed by atoms with van der Waals surface area (Å²) in [5, 5.41) is 48.4. The number of hydrogen-bond acceptors (Lipinski definition) is 12. The predicted octanol–water partition coefficient (Wildman–Crippen LogP) is 0.213. The number of ether oxygens (including phenoxy) is 2. The number of hydrogen-bond donors (Lipinski definition) is 5. The fourth-order valence-corrected chi connectivity index (χ4v) is 5.85. The lowest BCUT2D eigenvalue weighted by atomic mass is 9.92. The molecule has 256 valence electrons. The van der Waals surface area contributed by atoms with Crippen molar-refractivity contribution >= 4 is 11.9 Å². The summed E-state index contributed by atoms with van der Waals surface area (Å²) in [7, 11) is 0. The number of nitrogens with zero attached hydrogens (tertiary/aromatic N) is 5. The molecule has 1 aromatic heterocycles. The molecule has 0 spiro atoms. The molecule has 0 bridgehead atoms. The molecule has 0 saturated carbocycles. The molecule has 2 fully saturated rings. The van der Waals surface area contributed by atoms with Crippen molar-refractivity contribution in [1.82, 2.24) is 19.8 Å². The van der Waals surface area contributed by atoms with E-state index in [1.165, 1.54) is 6.07 Å². The second kappa shape index (κ2) is 17.7. The maximum absolute atomic E-state index is 14.9. The summed E-state index contributed by atoms with van der Waals surface area (Å²) in [6.45, 7) is 5.62. The zero-order chi connectivity index (χ0) is 33.1. The summed E-state index contributed by atoms with van der Waals surface area (Å²) in [6.07, 6.45) is 1.09. The van der Waals surface area contributed by atoms with Crippen LogP contribution in [0.2, 0.25) is 0 Å². The SMILES string of the molecule is CCOc1cnc(N2CCC(CCCOc3ccc(CC(=O)N4CCN(C[C@H](O)[C@@H](O)[C@H](O)C(O)CO)CC4)c(F)c3)CC2)nc1. The van der Waals surface area contributed by atoms with Crippen molar-refractivity contribution in [3.8, 4) is 11.5 Å². The van der Waals surface area contributed by atoms with Gasteiger partial charge in [0.25, 0.3) is 0 Å². The van der Waals surface area contributed by atoms with E-state index in [9.17, 15) is 29.6 Å². The summed E-state index contributed by atoms with van der Waals surface area (Å²) in [4.78, 5) is 27.3. The molecule has 4 atom stereocenters. The molecule has 1 aromatic carbocycles. The molecular weight excluding hydrogens is 601 g/mol. The first-order valence-corrected chi connectivity index (χ1v) is 16.1. The van der Waals surface area contributed by atoms with Crippen LogP contribution in [0.15, 0.2) is 30.6 Å². The number of rotatable bonds is 16. The number of piperidine rings is 1. The smallest absolute Gasteiger partial charge is 0.227 e. The minimum absolute atomic E-state index is 0.0217. The first-order chi connectivity index (χ1) is 22.2. The van der Waals surface area contributed by atoms with E-state index in [0.29, 0.717) is 56.8 Å². The Bertz CT molecular complexity index is 1210. The molecule has 2 aliphatic rings. The number of amides is 1. The normalized spacial score (nSPS) is 19.0. The summed E-state index contributed by atoms with van der Waals surface area (Å²) < 4.78 is 26.1. The number of aliphatic hydroxyl groups is 5. The van der Waals surface area contributed by atoms with Crippen LogP contribution in [0.5, 0.6) is 11.5 Å². The van der Waals surface area contributed by atoms with Crippen molar-refractivity contribution < 1.29 is 44.2 Å². The predicted molar refractivity (Wildman–Crippen MR) is 167 cm³/mol. The molecule has 1 unspecified atom stereocenters. The second-order valence-corrected chi connectivity index (χ2v) is 12.0. The summed E-state index contributed by atoms with van der Waals surface area (Å²) >= 11 is 0. The first kappa shape index (κ1) is 35.7. The van der Waals surface area contributed by atoms with E-state index in [1.807, 2.05) is 11.8 Å². The molecule has 0 radical (unpaired) electrons. The molecule has 2 saturated heterocycles. The van der Waals surface area contributed by atoms with Gasteiger partial charge in [0, 0.05) is 51.9 Å². The van der Waals surface area contributed by atoms with Gasteiger partial charge in [-0.1, -0.05) is 6.07 Å². The molecule has 5 N–H and O–H groups in total. The van der Waals surface area contributed by atoms with Crippen LogP contribution in [0.3, 0.4) is 0 Å². The number of anilines is 1. The lowest BCUT2D eigenvalue weighted by molar-refractivity contribution is -0.134. The Balaban J connectivity index is 1.12. The van der Waals surface area contributed by atoms with Gasteiger partial charge in [0.2, 0.25) is 11.9 Å². The number of halogens is 1. The molecule has 4 rings (SSSR count). The Morgan fingerprint density at radius 3 is 2.26 bits per heavy atom. The summed E-state index contributed by atoms with van der Waals surface area (Å²) in [5.74, 6) is 1.71. The number of piperazine rings is 1. The fourth-order valence-electron chi connectivity index (χ4n) is 5.85. The molecule has 2 aliphatic heterocycles. The average molecular weight is 650 g/mol. The number of carbonyl (C=O) groups is 1. The average Bonchev–Trinajstić information content (AvgIpc) is 3.07. The fraction of sp³-hybridized carbons (Fsp3) is 0.656. The quantitative estimate of drug-likeness (QED) is 0.157. The van der Waals surface area contributed by atoms with Gasteiger partial charge in [-0.25, -0.2) is 14.4 Å². The van der Waals surface area contributed by atoms with Gasteiger partial charge in [0.1, 0.15) is 29.9 Å². The van der Waals surface area contributed by atoms with Crippen LogP contribution >= 0.6 is 0 Å². The highest BCUT2D eigenvalue weighted by Gasteiger charge is 2.32. The van der Waals surface area contributed by atoms with Crippen molar-refractivity contribution in [3.05, 3.63) is 42.0 Å². The maximum Gasteiger partial charge on any atom is 0.227 e. The zero-order valence-corrected chi connectivity index (χ0v) is 26.5. The van der Waals surface area contributed by atoms with Crippen LogP contribution in [0.4, 0.5) is 10.3 Å². The van der Waals surface area contributed by atoms with Crippen LogP contribution in [0.1, 0.15) is 38.2 Å². The lowest BCUT2D eigenvalue weighted by Crippen LogP contribution is -2.54. The van der Waals surface area contributed by atoms with Crippen LogP contribution in [-0.2, 0) is 11.2 Å². The Hall–Kier alpha value is -3.14. The van der Waals surface area contributed by atoms with Crippen molar-refractivity contribution in [2.45, 2.75) is 63.4 Å². The third-order valence-electron chi connectivity index (χ3n) is 8.71. The van der Waals surface area contributed by atoms with Gasteiger partial charge in [-0.15, -0.1) is 0 Å². The summed E-state index contributed by atoms with van der Waals surface area (Å²) in [5.41, 5.74) is 0.290. The van der Waals surface area contributed by atoms with Crippen LogP contribution in [0, 0.1) is 11.7 Å². The largest absolute Gasteiger partial charge is 0.493 e. The molecular formula is C32H48FN5O8. The van der Waals surface area contributed by atoms with E-state index in [4.69, 9.17) is 14.6 Å². The highest BCUT2D eigenvalue weighted by Crippen LogP contribution is 2.25. The van der Waals surface area contributed by atoms with Crippen LogP contribution in [0.25, 0.3) is 0 Å². The Kier molecular flexibility index (Phi) is 13.7. The van der Waals surface area contributed by atoms with Crippen LogP contribution < -0.4 is 14.4 Å². The number of aliphatic hydroxyl groups excluding tert-OH is 5. The second-order valence-electron chi connectivity index (χ2n) is 12.0. The third-order valence-corrected chi connectivity index (χ3v) is 8.71. The first-order valence-electron chi connectivity index (χ1n) is 16.1. The van der Waals surface area contributed by atoms with Gasteiger partial charge < -0.3 is 44.8 Å². The zero-order valence-electron chi connectivity index (χ0n) is 26.5. The Morgan fingerprint density at radius 1 is 0.957 bits per heavy atom. The molecule has 14 heteroatoms. The Morgan fingerprint density at radius 2 is 1.63 bits per heavy atom. The molecule has 13 nitrogen and oxygen atoms in total. The standard InChI is InChI=1S/C32H48FN5O8/c1-2-45-25-18-34-32(35-19-25)38-9-7-22(8-10-38)4-3-15-46-24-6-5-23(26(33)17-24)16-29(42)37-13-11-36(12-14-37)20-27(40)30(43)31(44)28(41)21-39/h5-6,17-19,22,27-28,30-31,39-41,43-44H,2-4,7-16,20-21H2,1H3/t27-,28?,30+,31+/m0/s1. The maximum atomic E-state index is 14.9. The minimum Gasteiger partial charge on any atom is -0.493 e. The van der Waals surface area contributed by atoms with E-state index in [1.54, 1.807) is 29.4 Å². The number of carbonyl (C=O) groups excluding carboxylic acids is 1. The van der Waals surface area contributed by atoms with E-state index in [-0.39, 0.29) is 24.4 Å². The van der Waals surface area contributed by atoms with Crippen molar-refractivity contribution in [2.75, 3.05) is 70.5 Å². The Labute approximate surface area is 269 Å². The highest BCUT2D eigenvalue weighted by atomic mass is 19.1. The van der Waals surface area contributed by atoms with Crippen LogP contribution in [-0.4, -0.2) is 141 Å². The van der Waals surface area contributed by atoms with Crippen molar-refractivity contribution in [1.29, 1.82) is 0 Å². The van der Waals surface area contributed by atoms with Gasteiger partial charge in [-0.05, 0) is 50.2 Å². The van der Waals surface area contributed by atoms with E-state index >= 15 is 0 Å². The van der Waals surface area contributed by atoms with Crippen molar-refractivity contribution in [3.63, 3.8) is 0 Å². The minimum atomic E-state index is -1.68. The number of β-amino-alcohol motifs (C(OH)–C–C–N with tert-alkyl or cyclic N) is 1. The molecule has 0 aliphatic carbocycles. The third kappa shape index (κ3) is 10.2. The monoisotopic (exact) mass is 649 g/mol. The summed E-state index contributed by atoms with van der Waals surface area (Å²) in [6, 6.07) is 4.60. The van der Waals surface area contributed by atoms with Gasteiger partial charge >= 0.3 is 0 Å². The molecule has 1 amide bonds.